The number of fused-ring (bicyclic) bond motifs is 2. The molecular formula is C19H19ClN2O3S. The molecule has 0 spiro atoms. The number of halogens is 1. The molecule has 1 aromatic heterocycles. The molecule has 0 fully saturated rings. The third-order valence-electron chi connectivity index (χ3n) is 4.65. The molecule has 2 aromatic carbocycles. The lowest BCUT2D eigenvalue weighted by Gasteiger charge is -2.32. The molecule has 0 aliphatic carbocycles. The van der Waals surface area contributed by atoms with Crippen LogP contribution < -0.4 is 4.90 Å². The molecule has 0 bridgehead atoms. The van der Waals surface area contributed by atoms with E-state index in [0.29, 0.717) is 28.8 Å². The number of hydrogen-bond acceptors (Lipinski definition) is 5. The van der Waals surface area contributed by atoms with Gasteiger partial charge >= 0.3 is 0 Å². The molecule has 0 saturated heterocycles. The van der Waals surface area contributed by atoms with E-state index in [0.717, 1.165) is 22.0 Å². The Morgan fingerprint density at radius 2 is 1.92 bits per heavy atom. The van der Waals surface area contributed by atoms with Crippen molar-refractivity contribution in [3.05, 3.63) is 64.7 Å². The van der Waals surface area contributed by atoms with E-state index >= 15 is 0 Å². The Bertz CT molecular complexity index is 980. The van der Waals surface area contributed by atoms with Gasteiger partial charge in [0.25, 0.3) is 0 Å². The number of aliphatic hydroxyl groups excluding tert-OH is 1. The van der Waals surface area contributed by atoms with Crippen molar-refractivity contribution in [1.29, 1.82) is 0 Å². The van der Waals surface area contributed by atoms with E-state index < -0.39 is 10.6 Å². The molecule has 0 atom stereocenters. The van der Waals surface area contributed by atoms with Crippen molar-refractivity contribution >= 4 is 38.9 Å². The third-order valence-corrected chi connectivity index (χ3v) is 6.81. The largest absolute Gasteiger partial charge is 0.392 e. The highest BCUT2D eigenvalue weighted by Gasteiger charge is 2.26. The molecule has 1 aliphatic rings. The fraction of sp³-hybridized carbons (Fsp3) is 0.211. The number of benzene rings is 2. The topological polar surface area (TPSA) is 76.8 Å². The lowest BCUT2D eigenvalue weighted by Crippen LogP contribution is -2.26. The van der Waals surface area contributed by atoms with Gasteiger partial charge in [-0.15, -0.1) is 0 Å². The predicted octanol–water partition coefficient (Wildman–Crippen LogP) is 4.51. The van der Waals surface area contributed by atoms with Gasteiger partial charge < -0.3 is 10.0 Å². The van der Waals surface area contributed by atoms with E-state index in [1.807, 2.05) is 41.3 Å². The second-order valence-corrected chi connectivity index (χ2v) is 8.96. The molecule has 3 N–H and O–H groups in total. The van der Waals surface area contributed by atoms with Gasteiger partial charge in [-0.3, -0.25) is 9.11 Å². The number of anilines is 1. The quantitative estimate of drug-likeness (QED) is 0.600. The van der Waals surface area contributed by atoms with Crippen molar-refractivity contribution in [3.8, 4) is 0 Å². The summed E-state index contributed by atoms with van der Waals surface area (Å²) in [5.74, 6) is 0.955. The van der Waals surface area contributed by atoms with Crippen LogP contribution in [-0.4, -0.2) is 31.5 Å². The number of pyridine rings is 1. The highest BCUT2D eigenvalue weighted by atomic mass is 35.5. The minimum atomic E-state index is -2.81. The van der Waals surface area contributed by atoms with Crippen LogP contribution in [0.3, 0.4) is 0 Å². The van der Waals surface area contributed by atoms with Crippen LogP contribution in [0, 0.1) is 0 Å². The van der Waals surface area contributed by atoms with Gasteiger partial charge in [-0.25, -0.2) is 4.98 Å². The number of aromatic nitrogens is 1. The van der Waals surface area contributed by atoms with Crippen molar-refractivity contribution in [2.24, 2.45) is 0 Å². The first-order valence-electron chi connectivity index (χ1n) is 8.27. The fourth-order valence-corrected chi connectivity index (χ4v) is 5.05. The van der Waals surface area contributed by atoms with Crippen LogP contribution >= 0.6 is 22.2 Å². The summed E-state index contributed by atoms with van der Waals surface area (Å²) < 4.78 is 21.0. The molecule has 2 heterocycles. The summed E-state index contributed by atoms with van der Waals surface area (Å²) in [6.45, 7) is 0.963. The van der Waals surface area contributed by atoms with E-state index in [4.69, 9.17) is 16.6 Å². The zero-order valence-corrected chi connectivity index (χ0v) is 15.5. The van der Waals surface area contributed by atoms with Gasteiger partial charge in [-0.05, 0) is 35.4 Å². The standard InChI is InChI=1S/C19H19ClN2O3S/c20-16-10-19(21-17-6-5-13(12-23)9-15(16)17)22-7-8-26(24,25)18-4-2-1-3-14(18)11-22/h1-6,9-10,23-25H,7-8,11-12H2. The Balaban J connectivity index is 1.76. The molecular weight excluding hydrogens is 372 g/mol. The monoisotopic (exact) mass is 390 g/mol. The summed E-state index contributed by atoms with van der Waals surface area (Å²) in [7, 11) is -2.81. The molecule has 3 aromatic rings. The maximum absolute atomic E-state index is 10.5. The average Bonchev–Trinajstić information content (AvgIpc) is 2.78. The van der Waals surface area contributed by atoms with Crippen molar-refractivity contribution in [3.63, 3.8) is 0 Å². The molecule has 1 aliphatic heterocycles. The Labute approximate surface area is 158 Å². The summed E-state index contributed by atoms with van der Waals surface area (Å²) in [6.07, 6.45) is 0. The van der Waals surface area contributed by atoms with Crippen LogP contribution in [0.5, 0.6) is 0 Å². The Morgan fingerprint density at radius 3 is 2.73 bits per heavy atom. The highest BCUT2D eigenvalue weighted by Crippen LogP contribution is 2.51. The Morgan fingerprint density at radius 1 is 1.12 bits per heavy atom. The molecule has 136 valence electrons. The van der Waals surface area contributed by atoms with Gasteiger partial charge in [-0.1, -0.05) is 35.9 Å². The number of nitrogens with zero attached hydrogens (tertiary/aromatic N) is 2. The summed E-state index contributed by atoms with van der Waals surface area (Å²) in [4.78, 5) is 7.34. The van der Waals surface area contributed by atoms with Gasteiger partial charge in [0.1, 0.15) is 5.82 Å². The van der Waals surface area contributed by atoms with Crippen molar-refractivity contribution in [1.82, 2.24) is 4.98 Å². The normalized spacial score (nSPS) is 17.6. The van der Waals surface area contributed by atoms with Crippen molar-refractivity contribution in [2.75, 3.05) is 17.2 Å². The first kappa shape index (κ1) is 17.6. The minimum Gasteiger partial charge on any atom is -0.392 e. The maximum atomic E-state index is 10.5. The van der Waals surface area contributed by atoms with Crippen LogP contribution in [0.2, 0.25) is 5.02 Å². The zero-order chi connectivity index (χ0) is 18.3. The average molecular weight is 391 g/mol. The molecule has 0 radical (unpaired) electrons. The molecule has 7 heteroatoms. The second-order valence-electron chi connectivity index (χ2n) is 6.37. The van der Waals surface area contributed by atoms with Gasteiger partial charge in [0, 0.05) is 18.5 Å². The summed E-state index contributed by atoms with van der Waals surface area (Å²) in [6, 6.07) is 14.7. The van der Waals surface area contributed by atoms with Crippen LogP contribution in [0.4, 0.5) is 5.82 Å². The SMILES string of the molecule is OCc1ccc2nc(N3CCS(O)(O)c4ccccc4C3)cc(Cl)c2c1. The lowest BCUT2D eigenvalue weighted by atomic mass is 10.1. The minimum absolute atomic E-state index is 0.0468. The van der Waals surface area contributed by atoms with Crippen LogP contribution in [0.1, 0.15) is 11.1 Å². The number of aliphatic hydroxyl groups is 1. The summed E-state index contributed by atoms with van der Waals surface area (Å²) in [5.41, 5.74) is 2.42. The lowest BCUT2D eigenvalue weighted by molar-refractivity contribution is 0.282. The van der Waals surface area contributed by atoms with Crippen LogP contribution in [0.25, 0.3) is 10.9 Å². The Hall–Kier alpha value is -1.83. The van der Waals surface area contributed by atoms with E-state index in [9.17, 15) is 14.2 Å². The zero-order valence-electron chi connectivity index (χ0n) is 14.0. The number of hydrogen-bond donors (Lipinski definition) is 3. The predicted molar refractivity (Wildman–Crippen MR) is 106 cm³/mol. The summed E-state index contributed by atoms with van der Waals surface area (Å²) in [5, 5.41) is 10.7. The molecule has 26 heavy (non-hydrogen) atoms. The van der Waals surface area contributed by atoms with Crippen molar-refractivity contribution < 1.29 is 14.2 Å². The van der Waals surface area contributed by atoms with Gasteiger partial charge in [0.2, 0.25) is 0 Å². The van der Waals surface area contributed by atoms with Gasteiger partial charge in [0.05, 0.1) is 27.8 Å². The molecule has 4 rings (SSSR count). The van der Waals surface area contributed by atoms with E-state index in [1.165, 1.54) is 0 Å². The Kier molecular flexibility index (Phi) is 4.54. The van der Waals surface area contributed by atoms with E-state index in [2.05, 4.69) is 0 Å². The third kappa shape index (κ3) is 3.15. The smallest absolute Gasteiger partial charge is 0.131 e. The van der Waals surface area contributed by atoms with E-state index in [-0.39, 0.29) is 12.4 Å². The molecule has 0 saturated carbocycles. The van der Waals surface area contributed by atoms with Gasteiger partial charge in [-0.2, -0.15) is 10.6 Å². The second kappa shape index (κ2) is 6.72. The summed E-state index contributed by atoms with van der Waals surface area (Å²) >= 11 is 6.47. The van der Waals surface area contributed by atoms with Crippen molar-refractivity contribution in [2.45, 2.75) is 18.0 Å². The molecule has 0 unspecified atom stereocenters. The highest BCUT2D eigenvalue weighted by molar-refractivity contribution is 8.24. The molecule has 0 amide bonds. The van der Waals surface area contributed by atoms with Crippen LogP contribution in [0.15, 0.2) is 53.4 Å². The van der Waals surface area contributed by atoms with Gasteiger partial charge in [0.15, 0.2) is 0 Å². The number of rotatable bonds is 2. The first-order valence-corrected chi connectivity index (χ1v) is 10.4. The van der Waals surface area contributed by atoms with Crippen LogP contribution in [-0.2, 0) is 13.2 Å². The fourth-order valence-electron chi connectivity index (χ4n) is 3.26. The molecule has 5 nitrogen and oxygen atoms in total. The first-order chi connectivity index (χ1) is 12.5. The van der Waals surface area contributed by atoms with E-state index in [1.54, 1.807) is 12.1 Å². The maximum Gasteiger partial charge on any atom is 0.131 e.